The zero-order chi connectivity index (χ0) is 17.0. The monoisotopic (exact) mass is 318 g/mol. The Morgan fingerprint density at radius 1 is 1.30 bits per heavy atom. The van der Waals surface area contributed by atoms with E-state index in [1.54, 1.807) is 11.8 Å². The highest BCUT2D eigenvalue weighted by molar-refractivity contribution is 5.83. The van der Waals surface area contributed by atoms with Gasteiger partial charge in [-0.25, -0.2) is 0 Å². The number of ether oxygens (including phenoxy) is 1. The van der Waals surface area contributed by atoms with E-state index >= 15 is 0 Å². The maximum absolute atomic E-state index is 12.5. The number of likely N-dealkylation sites (tertiary alicyclic amines) is 1. The number of benzene rings is 1. The zero-order valence-corrected chi connectivity index (χ0v) is 14.1. The van der Waals surface area contributed by atoms with Crippen molar-refractivity contribution in [2.24, 2.45) is 11.7 Å². The SMILES string of the molecule is CC(Oc1cccc(C(C)C)c1)C(=O)N1CCCC(C(N)=O)C1. The molecular weight excluding hydrogens is 292 g/mol. The van der Waals surface area contributed by atoms with Crippen molar-refractivity contribution in [3.63, 3.8) is 0 Å². The normalized spacial score (nSPS) is 19.5. The molecule has 2 rings (SSSR count). The Morgan fingerprint density at radius 3 is 2.70 bits per heavy atom. The predicted molar refractivity (Wildman–Crippen MR) is 89.1 cm³/mol. The molecule has 23 heavy (non-hydrogen) atoms. The highest BCUT2D eigenvalue weighted by atomic mass is 16.5. The van der Waals surface area contributed by atoms with Gasteiger partial charge in [0.15, 0.2) is 6.10 Å². The summed E-state index contributed by atoms with van der Waals surface area (Å²) in [7, 11) is 0. The number of hydrogen-bond acceptors (Lipinski definition) is 3. The highest BCUT2D eigenvalue weighted by Crippen LogP contribution is 2.22. The van der Waals surface area contributed by atoms with Crippen LogP contribution in [0, 0.1) is 5.92 Å². The van der Waals surface area contributed by atoms with E-state index in [0.717, 1.165) is 12.8 Å². The maximum atomic E-state index is 12.5. The summed E-state index contributed by atoms with van der Waals surface area (Å²) in [6.07, 6.45) is 0.976. The molecule has 1 fully saturated rings. The first-order valence-corrected chi connectivity index (χ1v) is 8.23. The van der Waals surface area contributed by atoms with Gasteiger partial charge in [-0.1, -0.05) is 26.0 Å². The molecule has 0 aliphatic carbocycles. The number of amides is 2. The van der Waals surface area contributed by atoms with E-state index in [9.17, 15) is 9.59 Å². The molecule has 1 aromatic rings. The van der Waals surface area contributed by atoms with Gasteiger partial charge in [0, 0.05) is 13.1 Å². The van der Waals surface area contributed by atoms with Gasteiger partial charge in [-0.15, -0.1) is 0 Å². The first kappa shape index (κ1) is 17.3. The Labute approximate surface area is 137 Å². The van der Waals surface area contributed by atoms with Crippen molar-refractivity contribution in [3.05, 3.63) is 29.8 Å². The third-order valence-corrected chi connectivity index (χ3v) is 4.32. The van der Waals surface area contributed by atoms with Crippen LogP contribution in [-0.4, -0.2) is 35.9 Å². The van der Waals surface area contributed by atoms with E-state index < -0.39 is 6.10 Å². The average Bonchev–Trinajstić information content (AvgIpc) is 2.54. The second-order valence-electron chi connectivity index (χ2n) is 6.51. The van der Waals surface area contributed by atoms with Crippen LogP contribution in [-0.2, 0) is 9.59 Å². The molecule has 1 saturated heterocycles. The molecule has 2 atom stereocenters. The molecule has 1 aliphatic heterocycles. The third kappa shape index (κ3) is 4.47. The number of carbonyl (C=O) groups excluding carboxylic acids is 2. The van der Waals surface area contributed by atoms with Crippen molar-refractivity contribution in [3.8, 4) is 5.75 Å². The molecule has 1 aliphatic rings. The van der Waals surface area contributed by atoms with E-state index in [4.69, 9.17) is 10.5 Å². The van der Waals surface area contributed by atoms with Crippen LogP contribution in [0.15, 0.2) is 24.3 Å². The topological polar surface area (TPSA) is 72.6 Å². The molecule has 1 aromatic carbocycles. The molecule has 1 heterocycles. The molecule has 2 unspecified atom stereocenters. The number of carbonyl (C=O) groups is 2. The summed E-state index contributed by atoms with van der Waals surface area (Å²) in [5, 5.41) is 0. The molecule has 2 amide bonds. The largest absolute Gasteiger partial charge is 0.481 e. The zero-order valence-electron chi connectivity index (χ0n) is 14.1. The first-order valence-electron chi connectivity index (χ1n) is 8.23. The van der Waals surface area contributed by atoms with Crippen molar-refractivity contribution in [2.75, 3.05) is 13.1 Å². The standard InChI is InChI=1S/C18H26N2O3/c1-12(2)14-6-4-8-16(10-14)23-13(3)18(22)20-9-5-7-15(11-20)17(19)21/h4,6,8,10,12-13,15H,5,7,9,11H2,1-3H3,(H2,19,21). The number of rotatable bonds is 5. The summed E-state index contributed by atoms with van der Waals surface area (Å²) in [5.41, 5.74) is 6.54. The Morgan fingerprint density at radius 2 is 2.04 bits per heavy atom. The van der Waals surface area contributed by atoms with Gasteiger partial charge >= 0.3 is 0 Å². The van der Waals surface area contributed by atoms with Crippen LogP contribution in [0.25, 0.3) is 0 Å². The first-order chi connectivity index (χ1) is 10.9. The maximum Gasteiger partial charge on any atom is 0.263 e. The van der Waals surface area contributed by atoms with E-state index in [1.807, 2.05) is 24.3 Å². The Bertz CT molecular complexity index is 571. The second kappa shape index (κ2) is 7.49. The van der Waals surface area contributed by atoms with E-state index in [1.165, 1.54) is 5.56 Å². The van der Waals surface area contributed by atoms with Gasteiger partial charge in [-0.2, -0.15) is 0 Å². The summed E-state index contributed by atoms with van der Waals surface area (Å²) < 4.78 is 5.81. The lowest BCUT2D eigenvalue weighted by atomic mass is 9.97. The number of hydrogen-bond donors (Lipinski definition) is 1. The number of nitrogens with two attached hydrogens (primary N) is 1. The van der Waals surface area contributed by atoms with E-state index in [0.29, 0.717) is 24.8 Å². The fraction of sp³-hybridized carbons (Fsp3) is 0.556. The van der Waals surface area contributed by atoms with Crippen molar-refractivity contribution in [1.29, 1.82) is 0 Å². The summed E-state index contributed by atoms with van der Waals surface area (Å²) >= 11 is 0. The third-order valence-electron chi connectivity index (χ3n) is 4.32. The quantitative estimate of drug-likeness (QED) is 0.905. The summed E-state index contributed by atoms with van der Waals surface area (Å²) in [5.74, 6) is 0.430. The van der Waals surface area contributed by atoms with Crippen LogP contribution >= 0.6 is 0 Å². The van der Waals surface area contributed by atoms with Crippen molar-refractivity contribution < 1.29 is 14.3 Å². The van der Waals surface area contributed by atoms with E-state index in [-0.39, 0.29) is 17.7 Å². The van der Waals surface area contributed by atoms with Crippen molar-refractivity contribution in [2.45, 2.75) is 45.6 Å². The molecule has 2 N–H and O–H groups in total. The number of piperidine rings is 1. The number of primary amides is 1. The highest BCUT2D eigenvalue weighted by Gasteiger charge is 2.30. The molecular formula is C18H26N2O3. The van der Waals surface area contributed by atoms with Crippen LogP contribution in [0.4, 0.5) is 0 Å². The van der Waals surface area contributed by atoms with Gasteiger partial charge in [0.25, 0.3) is 5.91 Å². The Kier molecular flexibility index (Phi) is 5.64. The Balaban J connectivity index is 1.99. The molecule has 5 heteroatoms. The molecule has 5 nitrogen and oxygen atoms in total. The van der Waals surface area contributed by atoms with Crippen LogP contribution in [0.5, 0.6) is 5.75 Å². The van der Waals surface area contributed by atoms with Crippen molar-refractivity contribution >= 4 is 11.8 Å². The summed E-state index contributed by atoms with van der Waals surface area (Å²) in [6, 6.07) is 7.81. The second-order valence-corrected chi connectivity index (χ2v) is 6.51. The van der Waals surface area contributed by atoms with Crippen LogP contribution in [0.2, 0.25) is 0 Å². The van der Waals surface area contributed by atoms with Gasteiger partial charge in [0.2, 0.25) is 5.91 Å². The number of nitrogens with zero attached hydrogens (tertiary/aromatic N) is 1. The minimum absolute atomic E-state index is 0.0918. The fourth-order valence-corrected chi connectivity index (χ4v) is 2.87. The molecule has 0 saturated carbocycles. The molecule has 0 aromatic heterocycles. The summed E-state index contributed by atoms with van der Waals surface area (Å²) in [6.45, 7) is 7.03. The van der Waals surface area contributed by atoms with Crippen LogP contribution < -0.4 is 10.5 Å². The van der Waals surface area contributed by atoms with Crippen LogP contribution in [0.3, 0.4) is 0 Å². The van der Waals surface area contributed by atoms with Gasteiger partial charge in [0.1, 0.15) is 5.75 Å². The predicted octanol–water partition coefficient (Wildman–Crippen LogP) is 2.30. The lowest BCUT2D eigenvalue weighted by molar-refractivity contribution is -0.141. The van der Waals surface area contributed by atoms with Gasteiger partial charge in [-0.05, 0) is 43.4 Å². The van der Waals surface area contributed by atoms with Gasteiger partial charge in [-0.3, -0.25) is 9.59 Å². The van der Waals surface area contributed by atoms with Gasteiger partial charge in [0.05, 0.1) is 5.92 Å². The van der Waals surface area contributed by atoms with E-state index in [2.05, 4.69) is 13.8 Å². The molecule has 0 spiro atoms. The minimum Gasteiger partial charge on any atom is -0.481 e. The van der Waals surface area contributed by atoms with Crippen LogP contribution in [0.1, 0.15) is 45.1 Å². The smallest absolute Gasteiger partial charge is 0.263 e. The Hall–Kier alpha value is -2.04. The lowest BCUT2D eigenvalue weighted by Gasteiger charge is -2.33. The molecule has 0 radical (unpaired) electrons. The fourth-order valence-electron chi connectivity index (χ4n) is 2.87. The molecule has 126 valence electrons. The van der Waals surface area contributed by atoms with Crippen molar-refractivity contribution in [1.82, 2.24) is 4.90 Å². The van der Waals surface area contributed by atoms with Gasteiger partial charge < -0.3 is 15.4 Å². The summed E-state index contributed by atoms with van der Waals surface area (Å²) in [4.78, 5) is 25.6. The minimum atomic E-state index is -0.580. The molecule has 0 bridgehead atoms. The average molecular weight is 318 g/mol. The lowest BCUT2D eigenvalue weighted by Crippen LogP contribution is -2.48.